The highest BCUT2D eigenvalue weighted by molar-refractivity contribution is 9.10. The molecule has 1 aromatic carbocycles. The molecule has 1 N–H and O–H groups in total. The first-order chi connectivity index (χ1) is 8.67. The molecule has 1 unspecified atom stereocenters. The van der Waals surface area contributed by atoms with Crippen LogP contribution in [0.1, 0.15) is 28.3 Å². The number of halogens is 2. The van der Waals surface area contributed by atoms with Crippen LogP contribution in [0.3, 0.4) is 0 Å². The number of rotatable bonds is 4. The molecule has 0 bridgehead atoms. The second-order valence-corrected chi connectivity index (χ2v) is 6.08. The second kappa shape index (κ2) is 5.95. The Labute approximate surface area is 119 Å². The van der Waals surface area contributed by atoms with Crippen LogP contribution in [0.15, 0.2) is 34.8 Å². The lowest BCUT2D eigenvalue weighted by molar-refractivity contribution is 0.574. The van der Waals surface area contributed by atoms with Crippen molar-refractivity contribution in [1.82, 2.24) is 5.32 Å². The van der Waals surface area contributed by atoms with Gasteiger partial charge in [-0.2, -0.15) is 0 Å². The van der Waals surface area contributed by atoms with Gasteiger partial charge < -0.3 is 5.32 Å². The monoisotopic (exact) mass is 327 g/mol. The highest BCUT2D eigenvalue weighted by atomic mass is 79.9. The molecule has 18 heavy (non-hydrogen) atoms. The standard InChI is InChI=1S/C14H15BrFNS/c1-3-9-7-8-12(18-9)14(17-2)10-5-4-6-11(15)13(10)16/h4-8,14,17H,3H2,1-2H3. The molecular formula is C14H15BrFNS. The highest BCUT2D eigenvalue weighted by Crippen LogP contribution is 2.32. The van der Waals surface area contributed by atoms with Gasteiger partial charge in [0.15, 0.2) is 0 Å². The lowest BCUT2D eigenvalue weighted by Gasteiger charge is -2.16. The summed E-state index contributed by atoms with van der Waals surface area (Å²) in [6.07, 6.45) is 1.02. The quantitative estimate of drug-likeness (QED) is 0.870. The minimum absolute atomic E-state index is 0.0900. The van der Waals surface area contributed by atoms with E-state index < -0.39 is 0 Å². The van der Waals surface area contributed by atoms with E-state index in [1.165, 1.54) is 4.88 Å². The van der Waals surface area contributed by atoms with E-state index in [0.29, 0.717) is 10.0 Å². The molecule has 1 nitrogen and oxygen atoms in total. The zero-order valence-electron chi connectivity index (χ0n) is 10.3. The Balaban J connectivity index is 2.41. The maximum absolute atomic E-state index is 14.1. The summed E-state index contributed by atoms with van der Waals surface area (Å²) >= 11 is 4.97. The number of thiophene rings is 1. The van der Waals surface area contributed by atoms with Gasteiger partial charge >= 0.3 is 0 Å². The van der Waals surface area contributed by atoms with Crippen LogP contribution in [0.5, 0.6) is 0 Å². The van der Waals surface area contributed by atoms with Gasteiger partial charge in [-0.05, 0) is 47.6 Å². The summed E-state index contributed by atoms with van der Waals surface area (Å²) in [6.45, 7) is 2.13. The van der Waals surface area contributed by atoms with Crippen molar-refractivity contribution in [1.29, 1.82) is 0 Å². The van der Waals surface area contributed by atoms with Crippen molar-refractivity contribution in [3.63, 3.8) is 0 Å². The smallest absolute Gasteiger partial charge is 0.142 e. The third-order valence-corrected chi connectivity index (χ3v) is 4.80. The average molecular weight is 328 g/mol. The Bertz CT molecular complexity index is 538. The van der Waals surface area contributed by atoms with E-state index in [1.807, 2.05) is 19.2 Å². The van der Waals surface area contributed by atoms with Crippen LogP contribution in [-0.4, -0.2) is 7.05 Å². The third-order valence-electron chi connectivity index (χ3n) is 2.90. The van der Waals surface area contributed by atoms with E-state index in [0.717, 1.165) is 11.3 Å². The van der Waals surface area contributed by atoms with Crippen molar-refractivity contribution >= 4 is 27.3 Å². The van der Waals surface area contributed by atoms with Gasteiger partial charge in [0.1, 0.15) is 5.82 Å². The number of aryl methyl sites for hydroxylation is 1. The molecule has 0 saturated heterocycles. The molecule has 2 aromatic rings. The molecule has 0 radical (unpaired) electrons. The van der Waals surface area contributed by atoms with Crippen molar-refractivity contribution in [2.45, 2.75) is 19.4 Å². The van der Waals surface area contributed by atoms with Gasteiger partial charge in [0, 0.05) is 15.3 Å². The fraction of sp³-hybridized carbons (Fsp3) is 0.286. The Kier molecular flexibility index (Phi) is 4.54. The molecule has 0 spiro atoms. The molecule has 4 heteroatoms. The van der Waals surface area contributed by atoms with Crippen LogP contribution < -0.4 is 5.32 Å². The van der Waals surface area contributed by atoms with E-state index in [2.05, 4.69) is 40.3 Å². The largest absolute Gasteiger partial charge is 0.309 e. The van der Waals surface area contributed by atoms with Crippen molar-refractivity contribution in [3.8, 4) is 0 Å². The van der Waals surface area contributed by atoms with Crippen LogP contribution in [0.2, 0.25) is 0 Å². The predicted octanol–water partition coefficient (Wildman–Crippen LogP) is 4.52. The first-order valence-corrected chi connectivity index (χ1v) is 7.48. The Hall–Kier alpha value is -0.710. The summed E-state index contributed by atoms with van der Waals surface area (Å²) in [5, 5.41) is 3.19. The summed E-state index contributed by atoms with van der Waals surface area (Å²) in [5.74, 6) is -0.191. The SMILES string of the molecule is CCc1ccc(C(NC)c2cccc(Br)c2F)s1. The highest BCUT2D eigenvalue weighted by Gasteiger charge is 2.19. The van der Waals surface area contributed by atoms with Crippen LogP contribution in [-0.2, 0) is 6.42 Å². The molecule has 1 heterocycles. The van der Waals surface area contributed by atoms with E-state index in [9.17, 15) is 4.39 Å². The van der Waals surface area contributed by atoms with Crippen LogP contribution in [0.25, 0.3) is 0 Å². The van der Waals surface area contributed by atoms with Crippen LogP contribution in [0.4, 0.5) is 4.39 Å². The van der Waals surface area contributed by atoms with E-state index in [4.69, 9.17) is 0 Å². The van der Waals surface area contributed by atoms with Gasteiger partial charge in [0.05, 0.1) is 10.5 Å². The number of nitrogens with one attached hydrogen (secondary N) is 1. The minimum Gasteiger partial charge on any atom is -0.309 e. The average Bonchev–Trinajstić information content (AvgIpc) is 2.84. The molecule has 1 atom stereocenters. The van der Waals surface area contributed by atoms with Gasteiger partial charge in [-0.1, -0.05) is 19.1 Å². The summed E-state index contributed by atoms with van der Waals surface area (Å²) in [4.78, 5) is 2.46. The third kappa shape index (κ3) is 2.66. The minimum atomic E-state index is -0.191. The first-order valence-electron chi connectivity index (χ1n) is 5.87. The van der Waals surface area contributed by atoms with Crippen molar-refractivity contribution in [2.75, 3.05) is 7.05 Å². The molecule has 0 aliphatic carbocycles. The molecule has 0 aliphatic rings. The number of benzene rings is 1. The van der Waals surface area contributed by atoms with Crippen molar-refractivity contribution < 1.29 is 4.39 Å². The Morgan fingerprint density at radius 1 is 1.33 bits per heavy atom. The Morgan fingerprint density at radius 2 is 2.11 bits per heavy atom. The summed E-state index contributed by atoms with van der Waals surface area (Å²) in [5.41, 5.74) is 0.677. The van der Waals surface area contributed by atoms with Crippen molar-refractivity contribution in [2.24, 2.45) is 0 Å². The fourth-order valence-electron chi connectivity index (χ4n) is 1.93. The zero-order valence-corrected chi connectivity index (χ0v) is 12.7. The molecule has 0 amide bonds. The summed E-state index contributed by atoms with van der Waals surface area (Å²) < 4.78 is 14.6. The maximum atomic E-state index is 14.1. The van der Waals surface area contributed by atoms with Gasteiger partial charge in [0.2, 0.25) is 0 Å². The number of hydrogen-bond acceptors (Lipinski definition) is 2. The summed E-state index contributed by atoms with van der Waals surface area (Å²) in [7, 11) is 1.86. The second-order valence-electron chi connectivity index (χ2n) is 4.02. The molecular weight excluding hydrogens is 313 g/mol. The van der Waals surface area contributed by atoms with Crippen LogP contribution >= 0.6 is 27.3 Å². The lowest BCUT2D eigenvalue weighted by Crippen LogP contribution is -2.17. The van der Waals surface area contributed by atoms with Gasteiger partial charge in [-0.25, -0.2) is 4.39 Å². The zero-order chi connectivity index (χ0) is 13.1. The number of hydrogen-bond donors (Lipinski definition) is 1. The summed E-state index contributed by atoms with van der Waals surface area (Å²) in [6, 6.07) is 9.50. The molecule has 96 valence electrons. The molecule has 2 rings (SSSR count). The molecule has 0 saturated carbocycles. The fourth-order valence-corrected chi connectivity index (χ4v) is 3.40. The van der Waals surface area contributed by atoms with Gasteiger partial charge in [-0.15, -0.1) is 11.3 Å². The van der Waals surface area contributed by atoms with E-state index >= 15 is 0 Å². The van der Waals surface area contributed by atoms with E-state index in [-0.39, 0.29) is 11.9 Å². The van der Waals surface area contributed by atoms with Crippen molar-refractivity contribution in [3.05, 3.63) is 55.9 Å². The van der Waals surface area contributed by atoms with E-state index in [1.54, 1.807) is 17.4 Å². The lowest BCUT2D eigenvalue weighted by atomic mass is 10.1. The Morgan fingerprint density at radius 3 is 2.72 bits per heavy atom. The molecule has 0 fully saturated rings. The topological polar surface area (TPSA) is 12.0 Å². The first kappa shape index (κ1) is 13.7. The maximum Gasteiger partial charge on any atom is 0.142 e. The van der Waals surface area contributed by atoms with Gasteiger partial charge in [-0.3, -0.25) is 0 Å². The predicted molar refractivity (Wildman–Crippen MR) is 78.7 cm³/mol. The van der Waals surface area contributed by atoms with Crippen LogP contribution in [0, 0.1) is 5.82 Å². The normalized spacial score (nSPS) is 12.7. The van der Waals surface area contributed by atoms with Gasteiger partial charge in [0.25, 0.3) is 0 Å². The molecule has 0 aliphatic heterocycles. The molecule has 1 aromatic heterocycles.